The number of nitrogens with two attached hydrogens (primary N) is 1. The van der Waals surface area contributed by atoms with E-state index in [2.05, 4.69) is 13.8 Å². The van der Waals surface area contributed by atoms with Crippen molar-refractivity contribution < 1.29 is 9.92 Å². The molecule has 4 atom stereocenters. The van der Waals surface area contributed by atoms with Crippen molar-refractivity contribution in [2.75, 3.05) is 6.54 Å². The smallest absolute Gasteiger partial charge is 0.295 e. The Kier molecular flexibility index (Phi) is 3.54. The predicted octanol–water partition coefficient (Wildman–Crippen LogP) is 2.52. The summed E-state index contributed by atoms with van der Waals surface area (Å²) >= 11 is 0. The van der Waals surface area contributed by atoms with E-state index in [4.69, 9.17) is 10.6 Å². The predicted molar refractivity (Wildman–Crippen MR) is 68.3 cm³/mol. The number of nitrogens with zero attached hydrogens (tertiary/aromatic N) is 1. The van der Waals surface area contributed by atoms with Crippen molar-refractivity contribution in [2.24, 2.45) is 23.0 Å². The van der Waals surface area contributed by atoms with Crippen LogP contribution in [0.25, 0.3) is 0 Å². The normalized spacial score (nSPS) is 43.5. The van der Waals surface area contributed by atoms with Gasteiger partial charge in [-0.2, -0.15) is 0 Å². The second-order valence-corrected chi connectivity index (χ2v) is 6.68. The van der Waals surface area contributed by atoms with Crippen LogP contribution in [0.4, 0.5) is 0 Å². The molecule has 5 heteroatoms. The summed E-state index contributed by atoms with van der Waals surface area (Å²) in [7, 11) is 0. The molecule has 0 spiro atoms. The monoisotopic (exact) mass is 256 g/mol. The van der Waals surface area contributed by atoms with Crippen LogP contribution < -0.4 is 5.73 Å². The molecule has 0 aromatic rings. The first kappa shape index (κ1) is 13.6. The lowest BCUT2D eigenvalue weighted by atomic mass is 9.57. The molecule has 2 bridgehead atoms. The Morgan fingerprint density at radius 2 is 2.17 bits per heavy atom. The van der Waals surface area contributed by atoms with Gasteiger partial charge >= 0.3 is 0 Å². The van der Waals surface area contributed by atoms with E-state index < -0.39 is 10.7 Å². The molecule has 104 valence electrons. The van der Waals surface area contributed by atoms with Gasteiger partial charge in [-0.05, 0) is 55.9 Å². The van der Waals surface area contributed by atoms with Gasteiger partial charge in [-0.1, -0.05) is 20.3 Å². The van der Waals surface area contributed by atoms with Gasteiger partial charge in [0.2, 0.25) is 0 Å². The maximum absolute atomic E-state index is 10.8. The lowest BCUT2D eigenvalue weighted by molar-refractivity contribution is -0.784. The Morgan fingerprint density at radius 1 is 1.44 bits per heavy atom. The zero-order valence-corrected chi connectivity index (χ0v) is 11.4. The summed E-state index contributed by atoms with van der Waals surface area (Å²) in [6, 6.07) is 0. The third kappa shape index (κ3) is 2.60. The van der Waals surface area contributed by atoms with Crippen molar-refractivity contribution in [3.8, 4) is 0 Å². The minimum Gasteiger partial charge on any atom is -0.330 e. The molecular formula is C13H24N2O3. The van der Waals surface area contributed by atoms with E-state index in [1.165, 1.54) is 6.42 Å². The fraction of sp³-hybridized carbons (Fsp3) is 1.00. The summed E-state index contributed by atoms with van der Waals surface area (Å²) in [5.74, 6) is 1.09. The average Bonchev–Trinajstić information content (AvgIpc) is 2.25. The van der Waals surface area contributed by atoms with Crippen LogP contribution in [0.2, 0.25) is 0 Å². The Hall–Kier alpha value is -0.840. The average molecular weight is 256 g/mol. The molecule has 2 rings (SSSR count). The van der Waals surface area contributed by atoms with E-state index in [9.17, 15) is 10.1 Å². The van der Waals surface area contributed by atoms with E-state index in [0.717, 1.165) is 32.1 Å². The van der Waals surface area contributed by atoms with Gasteiger partial charge in [0.1, 0.15) is 5.60 Å². The summed E-state index contributed by atoms with van der Waals surface area (Å²) in [6.45, 7) is 4.89. The second kappa shape index (κ2) is 4.68. The fourth-order valence-corrected chi connectivity index (χ4v) is 4.35. The first-order valence-electron chi connectivity index (χ1n) is 6.94. The Morgan fingerprint density at radius 3 is 2.72 bits per heavy atom. The van der Waals surface area contributed by atoms with Gasteiger partial charge in [-0.25, -0.2) is 0 Å². The standard InChI is InChI=1S/C13H24N2O3/c1-3-10-4-11-5-12(2,9-14)8-13(6-10,7-11)18-15(16)17/h10-11H,3-9,14H2,1-2H3. The van der Waals surface area contributed by atoms with E-state index >= 15 is 0 Å². The molecule has 0 saturated heterocycles. The summed E-state index contributed by atoms with van der Waals surface area (Å²) < 4.78 is 0. The minimum atomic E-state index is -0.600. The first-order chi connectivity index (χ1) is 8.40. The van der Waals surface area contributed by atoms with E-state index in [0.29, 0.717) is 18.4 Å². The number of rotatable bonds is 4. The SMILES string of the molecule is CCC1CC2CC(C)(CN)CC(O[N+](=O)[O-])(C1)C2. The van der Waals surface area contributed by atoms with E-state index in [1.54, 1.807) is 0 Å². The molecule has 0 aromatic heterocycles. The number of fused-ring (bicyclic) bond motifs is 2. The summed E-state index contributed by atoms with van der Waals surface area (Å²) in [5, 5.41) is 10.2. The zero-order valence-electron chi connectivity index (χ0n) is 11.4. The molecule has 2 aliphatic carbocycles. The highest BCUT2D eigenvalue weighted by Crippen LogP contribution is 2.54. The van der Waals surface area contributed by atoms with Crippen molar-refractivity contribution in [3.05, 3.63) is 10.1 Å². The first-order valence-corrected chi connectivity index (χ1v) is 6.94. The number of hydrogen-bond donors (Lipinski definition) is 1. The highest BCUT2D eigenvalue weighted by Gasteiger charge is 2.52. The highest BCUT2D eigenvalue weighted by atomic mass is 17.0. The van der Waals surface area contributed by atoms with Gasteiger partial charge in [0.05, 0.1) is 0 Å². The summed E-state index contributed by atoms with van der Waals surface area (Å²) in [5.41, 5.74) is 5.30. The summed E-state index contributed by atoms with van der Waals surface area (Å²) in [4.78, 5) is 16.0. The molecule has 0 aliphatic heterocycles. The van der Waals surface area contributed by atoms with E-state index in [1.807, 2.05) is 0 Å². The molecule has 2 fully saturated rings. The van der Waals surface area contributed by atoms with Gasteiger partial charge < -0.3 is 10.6 Å². The molecule has 2 saturated carbocycles. The van der Waals surface area contributed by atoms with Crippen LogP contribution in [-0.2, 0) is 4.84 Å². The van der Waals surface area contributed by atoms with Crippen LogP contribution in [0.15, 0.2) is 0 Å². The van der Waals surface area contributed by atoms with Gasteiger partial charge in [0.15, 0.2) is 0 Å². The van der Waals surface area contributed by atoms with Crippen LogP contribution in [-0.4, -0.2) is 17.2 Å². The number of hydrogen-bond acceptors (Lipinski definition) is 4. The molecule has 18 heavy (non-hydrogen) atoms. The molecule has 4 unspecified atom stereocenters. The zero-order chi connectivity index (χ0) is 13.4. The van der Waals surface area contributed by atoms with Gasteiger partial charge in [0, 0.05) is 0 Å². The van der Waals surface area contributed by atoms with Crippen LogP contribution in [0, 0.1) is 27.4 Å². The maximum atomic E-state index is 10.8. The maximum Gasteiger partial charge on any atom is 0.295 e. The van der Waals surface area contributed by atoms with Crippen molar-refractivity contribution in [2.45, 2.75) is 58.0 Å². The molecule has 2 aliphatic rings. The van der Waals surface area contributed by atoms with Crippen molar-refractivity contribution >= 4 is 0 Å². The van der Waals surface area contributed by atoms with Crippen LogP contribution in [0.1, 0.15) is 52.4 Å². The summed E-state index contributed by atoms with van der Waals surface area (Å²) in [6.07, 6.45) is 5.72. The lowest BCUT2D eigenvalue weighted by Gasteiger charge is -2.53. The molecule has 0 amide bonds. The molecule has 0 radical (unpaired) electrons. The van der Waals surface area contributed by atoms with Gasteiger partial charge in [0.25, 0.3) is 5.09 Å². The lowest BCUT2D eigenvalue weighted by Crippen LogP contribution is -2.53. The quantitative estimate of drug-likeness (QED) is 0.619. The Bertz CT molecular complexity index is 336. The topological polar surface area (TPSA) is 78.4 Å². The largest absolute Gasteiger partial charge is 0.330 e. The second-order valence-electron chi connectivity index (χ2n) is 6.68. The Labute approximate surface area is 108 Å². The molecule has 2 N–H and O–H groups in total. The van der Waals surface area contributed by atoms with Crippen molar-refractivity contribution in [1.82, 2.24) is 0 Å². The fourth-order valence-electron chi connectivity index (χ4n) is 4.35. The Balaban J connectivity index is 2.22. The molecule has 0 aromatic carbocycles. The molecule has 5 nitrogen and oxygen atoms in total. The van der Waals surface area contributed by atoms with Crippen molar-refractivity contribution in [3.63, 3.8) is 0 Å². The third-order valence-corrected chi connectivity index (χ3v) is 4.86. The van der Waals surface area contributed by atoms with Crippen LogP contribution >= 0.6 is 0 Å². The highest BCUT2D eigenvalue weighted by molar-refractivity contribution is 5.01. The van der Waals surface area contributed by atoms with E-state index in [-0.39, 0.29) is 5.41 Å². The van der Waals surface area contributed by atoms with Crippen LogP contribution in [0.5, 0.6) is 0 Å². The molecule has 0 heterocycles. The van der Waals surface area contributed by atoms with Crippen molar-refractivity contribution in [1.29, 1.82) is 0 Å². The van der Waals surface area contributed by atoms with Gasteiger partial charge in [-0.15, -0.1) is 10.1 Å². The third-order valence-electron chi connectivity index (χ3n) is 4.86. The molecular weight excluding hydrogens is 232 g/mol. The minimum absolute atomic E-state index is 0.00234. The van der Waals surface area contributed by atoms with Crippen LogP contribution in [0.3, 0.4) is 0 Å². The van der Waals surface area contributed by atoms with Gasteiger partial charge in [-0.3, -0.25) is 0 Å².